The SMILES string of the molecule is Cc1ccc(C2=C(c3ccc(C)cc3)[C@@]3(c4ccccc4)C(=O)[C@@]2(c2ccccc2)[C@H]2C(=O)N(c4cccc(Cl)c4Cl)C(=O)[C@@H]23)cc1. The van der Waals surface area contributed by atoms with E-state index in [1.54, 1.807) is 18.2 Å². The number of carbonyl (C=O) groups is 3. The number of benzene rings is 5. The number of nitrogens with zero attached hydrogens (tertiary/aromatic N) is 1. The largest absolute Gasteiger partial charge is 0.297 e. The molecule has 0 spiro atoms. The molecule has 5 aromatic carbocycles. The molecule has 1 aliphatic heterocycles. The third-order valence-electron chi connectivity index (χ3n) is 10.3. The van der Waals surface area contributed by atoms with E-state index in [2.05, 4.69) is 0 Å². The zero-order valence-electron chi connectivity index (χ0n) is 25.7. The maximum absolute atomic E-state index is 16.0. The van der Waals surface area contributed by atoms with E-state index in [9.17, 15) is 0 Å². The first-order valence-corrected chi connectivity index (χ1v) is 16.4. The van der Waals surface area contributed by atoms with Crippen LogP contribution in [-0.4, -0.2) is 17.6 Å². The maximum Gasteiger partial charge on any atom is 0.239 e. The van der Waals surface area contributed by atoms with Gasteiger partial charge in [0.05, 0.1) is 38.4 Å². The molecule has 1 saturated heterocycles. The molecule has 8 rings (SSSR count). The number of aryl methyl sites for hydroxylation is 2. The first-order chi connectivity index (χ1) is 22.7. The molecule has 1 heterocycles. The summed E-state index contributed by atoms with van der Waals surface area (Å²) in [6.45, 7) is 4.04. The molecular weight excluding hydrogens is 625 g/mol. The summed E-state index contributed by atoms with van der Waals surface area (Å²) in [7, 11) is 0. The average Bonchev–Trinajstić information content (AvgIpc) is 3.60. The molecule has 5 aromatic rings. The molecule has 6 heteroatoms. The van der Waals surface area contributed by atoms with Crippen molar-refractivity contribution >= 4 is 57.6 Å². The Morgan fingerprint density at radius 2 is 0.957 bits per heavy atom. The van der Waals surface area contributed by atoms with Gasteiger partial charge in [0.2, 0.25) is 11.8 Å². The lowest BCUT2D eigenvalue weighted by molar-refractivity contribution is -0.130. The van der Waals surface area contributed by atoms with E-state index in [1.807, 2.05) is 123 Å². The Labute approximate surface area is 283 Å². The van der Waals surface area contributed by atoms with E-state index in [0.29, 0.717) is 11.1 Å². The van der Waals surface area contributed by atoms with Crippen molar-refractivity contribution in [1.29, 1.82) is 0 Å². The predicted octanol–water partition coefficient (Wildman–Crippen LogP) is 8.80. The molecule has 0 aromatic heterocycles. The summed E-state index contributed by atoms with van der Waals surface area (Å²) < 4.78 is 0. The van der Waals surface area contributed by atoms with Crippen molar-refractivity contribution in [1.82, 2.24) is 0 Å². The lowest BCUT2D eigenvalue weighted by Gasteiger charge is -2.39. The maximum atomic E-state index is 16.0. The molecule has 3 aliphatic rings. The quantitative estimate of drug-likeness (QED) is 0.178. The highest BCUT2D eigenvalue weighted by atomic mass is 35.5. The molecular formula is C41H29Cl2NO3. The van der Waals surface area contributed by atoms with Gasteiger partial charge in [0, 0.05) is 0 Å². The minimum atomic E-state index is -1.48. The Kier molecular flexibility index (Phi) is 6.70. The Morgan fingerprint density at radius 1 is 0.532 bits per heavy atom. The smallest absolute Gasteiger partial charge is 0.239 e. The van der Waals surface area contributed by atoms with Crippen LogP contribution in [0.2, 0.25) is 10.0 Å². The highest BCUT2D eigenvalue weighted by molar-refractivity contribution is 6.46. The summed E-state index contributed by atoms with van der Waals surface area (Å²) >= 11 is 13.1. The topological polar surface area (TPSA) is 54.5 Å². The lowest BCUT2D eigenvalue weighted by atomic mass is 9.59. The number of imide groups is 1. The summed E-state index contributed by atoms with van der Waals surface area (Å²) in [6, 6.07) is 40.1. The molecule has 0 unspecified atom stereocenters. The molecule has 2 amide bonds. The molecule has 4 atom stereocenters. The van der Waals surface area contributed by atoms with Crippen molar-refractivity contribution in [3.05, 3.63) is 171 Å². The van der Waals surface area contributed by atoms with Gasteiger partial charge in [-0.25, -0.2) is 4.90 Å². The number of allylic oxidation sites excluding steroid dienone is 2. The summed E-state index contributed by atoms with van der Waals surface area (Å²) in [4.78, 5) is 47.3. The minimum absolute atomic E-state index is 0.113. The van der Waals surface area contributed by atoms with Crippen LogP contribution in [0.4, 0.5) is 5.69 Å². The highest BCUT2D eigenvalue weighted by Crippen LogP contribution is 2.74. The summed E-state index contributed by atoms with van der Waals surface area (Å²) in [5, 5.41) is 0.345. The number of carbonyl (C=O) groups excluding carboxylic acids is 3. The Morgan fingerprint density at radius 3 is 1.38 bits per heavy atom. The molecule has 2 bridgehead atoms. The van der Waals surface area contributed by atoms with Crippen LogP contribution in [-0.2, 0) is 25.2 Å². The normalized spacial score (nSPS) is 24.8. The second kappa shape index (κ2) is 10.6. The number of halogens is 2. The van der Waals surface area contributed by atoms with Gasteiger partial charge in [-0.1, -0.05) is 150 Å². The summed E-state index contributed by atoms with van der Waals surface area (Å²) in [6.07, 6.45) is 0. The van der Waals surface area contributed by atoms with Crippen LogP contribution in [0.1, 0.15) is 33.4 Å². The van der Waals surface area contributed by atoms with E-state index >= 15 is 14.4 Å². The van der Waals surface area contributed by atoms with E-state index < -0.39 is 34.5 Å². The van der Waals surface area contributed by atoms with Crippen LogP contribution >= 0.6 is 23.2 Å². The van der Waals surface area contributed by atoms with Gasteiger partial charge in [0.25, 0.3) is 0 Å². The van der Waals surface area contributed by atoms with E-state index in [4.69, 9.17) is 23.2 Å². The van der Waals surface area contributed by atoms with Crippen molar-refractivity contribution in [3.8, 4) is 0 Å². The third kappa shape index (κ3) is 3.80. The van der Waals surface area contributed by atoms with Gasteiger partial charge in [-0.15, -0.1) is 0 Å². The van der Waals surface area contributed by atoms with Crippen LogP contribution in [0, 0.1) is 25.7 Å². The van der Waals surface area contributed by atoms with Crippen molar-refractivity contribution in [2.75, 3.05) is 4.90 Å². The van der Waals surface area contributed by atoms with Gasteiger partial charge in [-0.05, 0) is 59.4 Å². The first kappa shape index (κ1) is 29.6. The third-order valence-corrected chi connectivity index (χ3v) is 11.1. The van der Waals surface area contributed by atoms with Crippen LogP contribution < -0.4 is 4.90 Å². The molecule has 0 N–H and O–H groups in total. The van der Waals surface area contributed by atoms with Crippen molar-refractivity contribution in [3.63, 3.8) is 0 Å². The lowest BCUT2D eigenvalue weighted by Crippen LogP contribution is -2.45. The first-order valence-electron chi connectivity index (χ1n) is 15.6. The van der Waals surface area contributed by atoms with Gasteiger partial charge in [0.15, 0.2) is 5.78 Å². The van der Waals surface area contributed by atoms with Gasteiger partial charge in [0.1, 0.15) is 0 Å². The monoisotopic (exact) mass is 653 g/mol. The van der Waals surface area contributed by atoms with Crippen LogP contribution in [0.25, 0.3) is 11.1 Å². The average molecular weight is 655 g/mol. The standard InChI is InChI=1S/C41H29Cl2NO3/c1-24-16-20-26(21-17-24)32-33(27-22-18-25(2)19-23-27)41(29-12-7-4-8-13-29)35-34(40(32,39(41)47)28-10-5-3-6-11-28)37(45)44(38(35)46)31-15-9-14-30(42)36(31)43/h3-23,34-35H,1-2H3/t34-,35-,40-,41-/m1/s1. The Hall–Kier alpha value is -4.77. The number of amides is 2. The second-order valence-electron chi connectivity index (χ2n) is 12.7. The molecule has 47 heavy (non-hydrogen) atoms. The molecule has 4 nitrogen and oxygen atoms in total. The summed E-state index contributed by atoms with van der Waals surface area (Å²) in [5.41, 5.74) is 3.91. The minimum Gasteiger partial charge on any atom is -0.297 e. The molecule has 1 saturated carbocycles. The predicted molar refractivity (Wildman–Crippen MR) is 186 cm³/mol. The number of fused-ring (bicyclic) bond motifs is 5. The van der Waals surface area contributed by atoms with E-state index in [1.165, 1.54) is 4.90 Å². The van der Waals surface area contributed by atoms with Gasteiger partial charge in [-0.2, -0.15) is 0 Å². The molecule has 2 fully saturated rings. The van der Waals surface area contributed by atoms with Gasteiger partial charge in [-0.3, -0.25) is 14.4 Å². The van der Waals surface area contributed by atoms with Crippen LogP contribution in [0.15, 0.2) is 127 Å². The number of ketones is 1. The fourth-order valence-corrected chi connectivity index (χ4v) is 8.85. The molecule has 230 valence electrons. The van der Waals surface area contributed by atoms with Gasteiger partial charge < -0.3 is 0 Å². The molecule has 0 radical (unpaired) electrons. The van der Waals surface area contributed by atoms with Crippen LogP contribution in [0.3, 0.4) is 0 Å². The molecule has 2 aliphatic carbocycles. The fourth-order valence-electron chi connectivity index (χ4n) is 8.47. The second-order valence-corrected chi connectivity index (χ2v) is 13.5. The number of anilines is 1. The fraction of sp³-hybridized carbons (Fsp3) is 0.146. The Balaban J connectivity index is 1.56. The zero-order valence-corrected chi connectivity index (χ0v) is 27.2. The van der Waals surface area contributed by atoms with E-state index in [0.717, 1.165) is 33.4 Å². The van der Waals surface area contributed by atoms with Gasteiger partial charge >= 0.3 is 0 Å². The van der Waals surface area contributed by atoms with Crippen molar-refractivity contribution in [2.24, 2.45) is 11.8 Å². The summed E-state index contributed by atoms with van der Waals surface area (Å²) in [5.74, 6) is -3.17. The van der Waals surface area contributed by atoms with Crippen molar-refractivity contribution in [2.45, 2.75) is 24.7 Å². The highest BCUT2D eigenvalue weighted by Gasteiger charge is 2.82. The number of rotatable bonds is 5. The number of Topliss-reactive ketones (excluding diaryl/α,β-unsaturated/α-hetero) is 1. The number of hydrogen-bond donors (Lipinski definition) is 0. The zero-order chi connectivity index (χ0) is 32.7. The Bertz CT molecular complexity index is 2010. The van der Waals surface area contributed by atoms with Crippen LogP contribution in [0.5, 0.6) is 0 Å². The van der Waals surface area contributed by atoms with Crippen molar-refractivity contribution < 1.29 is 14.4 Å². The number of hydrogen-bond acceptors (Lipinski definition) is 3. The van der Waals surface area contributed by atoms with E-state index in [-0.39, 0.29) is 21.5 Å².